The number of nitrogens with zero attached hydrogens (tertiary/aromatic N) is 4. The molecule has 0 amide bonds. The minimum atomic E-state index is -3.14. The summed E-state index contributed by atoms with van der Waals surface area (Å²) < 4.78 is 41.5. The number of sulfonamides is 1. The van der Waals surface area contributed by atoms with Gasteiger partial charge in [0.05, 0.1) is 10.9 Å². The van der Waals surface area contributed by atoms with Crippen LogP contribution < -0.4 is 16.4 Å². The van der Waals surface area contributed by atoms with Gasteiger partial charge < -0.3 is 11.1 Å². The van der Waals surface area contributed by atoms with Crippen LogP contribution in [0.25, 0.3) is 22.2 Å². The van der Waals surface area contributed by atoms with Crippen LogP contribution in [-0.4, -0.2) is 52.1 Å². The highest BCUT2D eigenvalue weighted by Gasteiger charge is 2.41. The molecule has 1 saturated carbocycles. The van der Waals surface area contributed by atoms with Crippen molar-refractivity contribution < 1.29 is 12.8 Å². The van der Waals surface area contributed by atoms with Gasteiger partial charge in [-0.2, -0.15) is 0 Å². The van der Waals surface area contributed by atoms with E-state index in [0.29, 0.717) is 48.5 Å². The zero-order chi connectivity index (χ0) is 24.0. The van der Waals surface area contributed by atoms with Crippen molar-refractivity contribution in [2.24, 2.45) is 5.73 Å². The first kappa shape index (κ1) is 23.5. The second kappa shape index (κ2) is 9.07. The zero-order valence-corrected chi connectivity index (χ0v) is 20.9. The third-order valence-electron chi connectivity index (χ3n) is 6.51. The number of hydrogen-bond donors (Lipinski definition) is 2. The van der Waals surface area contributed by atoms with Gasteiger partial charge in [-0.3, -0.25) is 4.98 Å². The Hall–Kier alpha value is -2.26. The van der Waals surface area contributed by atoms with Gasteiger partial charge in [0, 0.05) is 53.8 Å². The number of halogens is 1. The number of rotatable bonds is 6. The molecule has 5 rings (SSSR count). The standard InChI is InChI=1S/C23H28FN6O2PS/c1-13(25)17-4-7-26-22-18(17)10-14(11-19(22)24)21-20(33)12-27-23(29-21)28-15-5-8-30(9-6-15)34(31,32)16-2-3-16/h4,7,10-13,15-16H,2-3,5-6,8-9,25,33H2,1H3,(H,27,28,29). The number of piperidine rings is 1. The highest BCUT2D eigenvalue weighted by atomic mass is 32.2. The number of anilines is 1. The minimum absolute atomic E-state index is 0.0658. The lowest BCUT2D eigenvalue weighted by Crippen LogP contribution is -2.43. The summed E-state index contributed by atoms with van der Waals surface area (Å²) in [6.45, 7) is 2.84. The molecule has 1 aliphatic heterocycles. The Balaban J connectivity index is 1.38. The third kappa shape index (κ3) is 4.52. The van der Waals surface area contributed by atoms with Crippen molar-refractivity contribution in [3.05, 3.63) is 42.0 Å². The van der Waals surface area contributed by atoms with Crippen molar-refractivity contribution in [3.8, 4) is 11.3 Å². The number of fused-ring (bicyclic) bond motifs is 1. The average Bonchev–Trinajstić information content (AvgIpc) is 3.66. The number of pyridine rings is 1. The zero-order valence-electron chi connectivity index (χ0n) is 18.9. The van der Waals surface area contributed by atoms with Gasteiger partial charge in [0.25, 0.3) is 0 Å². The molecule has 2 aromatic heterocycles. The van der Waals surface area contributed by atoms with Gasteiger partial charge in [0.1, 0.15) is 11.3 Å². The van der Waals surface area contributed by atoms with E-state index in [9.17, 15) is 12.8 Å². The van der Waals surface area contributed by atoms with Crippen molar-refractivity contribution in [2.75, 3.05) is 18.4 Å². The van der Waals surface area contributed by atoms with Crippen LogP contribution in [0.1, 0.15) is 44.2 Å². The van der Waals surface area contributed by atoms with E-state index in [2.05, 4.69) is 29.5 Å². The summed E-state index contributed by atoms with van der Waals surface area (Å²) in [5.41, 5.74) is 8.41. The predicted molar refractivity (Wildman–Crippen MR) is 135 cm³/mol. The number of nitrogens with one attached hydrogen (secondary N) is 1. The van der Waals surface area contributed by atoms with E-state index in [-0.39, 0.29) is 22.9 Å². The summed E-state index contributed by atoms with van der Waals surface area (Å²) in [6, 6.07) is 4.90. The molecule has 3 N–H and O–H groups in total. The van der Waals surface area contributed by atoms with Crippen molar-refractivity contribution in [3.63, 3.8) is 0 Å². The first-order chi connectivity index (χ1) is 16.2. The number of hydrogen-bond acceptors (Lipinski definition) is 7. The normalized spacial score (nSPS) is 18.8. The molecule has 8 nitrogen and oxygen atoms in total. The Morgan fingerprint density at radius 2 is 1.94 bits per heavy atom. The average molecular weight is 503 g/mol. The lowest BCUT2D eigenvalue weighted by molar-refractivity contribution is 0.328. The summed E-state index contributed by atoms with van der Waals surface area (Å²) in [6.07, 6.45) is 6.16. The Bertz CT molecular complexity index is 1340. The summed E-state index contributed by atoms with van der Waals surface area (Å²) in [5, 5.41) is 4.55. The lowest BCUT2D eigenvalue weighted by atomic mass is 10.00. The summed E-state index contributed by atoms with van der Waals surface area (Å²) in [7, 11) is -0.544. The van der Waals surface area contributed by atoms with E-state index in [0.717, 1.165) is 23.7 Å². The molecule has 34 heavy (non-hydrogen) atoms. The van der Waals surface area contributed by atoms with Gasteiger partial charge in [-0.25, -0.2) is 27.1 Å². The molecule has 2 unspecified atom stereocenters. The molecule has 2 fully saturated rings. The fourth-order valence-corrected chi connectivity index (χ4v) is 6.65. The van der Waals surface area contributed by atoms with Crippen molar-refractivity contribution >= 4 is 41.4 Å². The highest BCUT2D eigenvalue weighted by molar-refractivity contribution is 7.90. The Labute approximate surface area is 200 Å². The van der Waals surface area contributed by atoms with Crippen LogP contribution in [-0.2, 0) is 10.0 Å². The molecule has 1 aromatic carbocycles. The maximum atomic E-state index is 15.0. The van der Waals surface area contributed by atoms with Crippen LogP contribution in [0.4, 0.5) is 10.3 Å². The fraction of sp³-hybridized carbons (Fsp3) is 0.435. The first-order valence-corrected chi connectivity index (χ1v) is 13.5. The SMILES string of the molecule is CC(N)c1ccnc2c(F)cc(-c3nc(NC4CCN(S(=O)(=O)C5CC5)CC4)ncc3P)cc12. The fourth-order valence-electron chi connectivity index (χ4n) is 4.47. The number of nitrogens with two attached hydrogens (primary N) is 1. The van der Waals surface area contributed by atoms with Crippen LogP contribution >= 0.6 is 9.24 Å². The van der Waals surface area contributed by atoms with Crippen molar-refractivity contribution in [1.29, 1.82) is 0 Å². The molecule has 1 aliphatic carbocycles. The molecular formula is C23H28FN6O2PS. The second-order valence-corrected chi connectivity index (χ2v) is 11.9. The molecule has 1 saturated heterocycles. The Morgan fingerprint density at radius 3 is 2.62 bits per heavy atom. The van der Waals surface area contributed by atoms with Gasteiger partial charge in [0.2, 0.25) is 16.0 Å². The molecule has 2 atom stereocenters. The molecule has 2 aliphatic rings. The van der Waals surface area contributed by atoms with Crippen LogP contribution in [0.3, 0.4) is 0 Å². The van der Waals surface area contributed by atoms with Gasteiger partial charge >= 0.3 is 0 Å². The largest absolute Gasteiger partial charge is 0.351 e. The van der Waals surface area contributed by atoms with Crippen LogP contribution in [0.15, 0.2) is 30.6 Å². The van der Waals surface area contributed by atoms with E-state index in [1.54, 1.807) is 22.8 Å². The summed E-state index contributed by atoms with van der Waals surface area (Å²) >= 11 is 0. The van der Waals surface area contributed by atoms with Gasteiger partial charge in [-0.05, 0) is 56.4 Å². The van der Waals surface area contributed by atoms with Crippen molar-refractivity contribution in [1.82, 2.24) is 19.3 Å². The van der Waals surface area contributed by atoms with Gasteiger partial charge in [0.15, 0.2) is 0 Å². The predicted octanol–water partition coefficient (Wildman–Crippen LogP) is 2.72. The molecule has 11 heteroatoms. The Kier molecular flexibility index (Phi) is 6.27. The van der Waals surface area contributed by atoms with E-state index in [1.807, 2.05) is 13.0 Å². The topological polar surface area (TPSA) is 114 Å². The molecule has 0 radical (unpaired) electrons. The maximum Gasteiger partial charge on any atom is 0.223 e. The quantitative estimate of drug-likeness (QED) is 0.498. The molecule has 3 aromatic rings. The minimum Gasteiger partial charge on any atom is -0.351 e. The van der Waals surface area contributed by atoms with Crippen molar-refractivity contribution in [2.45, 2.75) is 49.9 Å². The highest BCUT2D eigenvalue weighted by Crippen LogP contribution is 2.33. The van der Waals surface area contributed by atoms with E-state index in [4.69, 9.17) is 5.73 Å². The second-order valence-electron chi connectivity index (χ2n) is 9.10. The van der Waals surface area contributed by atoms with E-state index < -0.39 is 15.8 Å². The molecule has 0 spiro atoms. The third-order valence-corrected chi connectivity index (χ3v) is 9.33. The molecular weight excluding hydrogens is 474 g/mol. The van der Waals surface area contributed by atoms with E-state index in [1.165, 1.54) is 6.07 Å². The Morgan fingerprint density at radius 1 is 1.21 bits per heavy atom. The lowest BCUT2D eigenvalue weighted by Gasteiger charge is -2.31. The van der Waals surface area contributed by atoms with Crippen LogP contribution in [0.5, 0.6) is 0 Å². The van der Waals surface area contributed by atoms with Crippen LogP contribution in [0, 0.1) is 5.82 Å². The van der Waals surface area contributed by atoms with Gasteiger partial charge in [-0.1, -0.05) is 0 Å². The summed E-state index contributed by atoms with van der Waals surface area (Å²) in [4.78, 5) is 13.3. The summed E-state index contributed by atoms with van der Waals surface area (Å²) in [5.74, 6) is 0.000531. The van der Waals surface area contributed by atoms with E-state index >= 15 is 0 Å². The number of benzene rings is 1. The molecule has 3 heterocycles. The monoisotopic (exact) mass is 502 g/mol. The van der Waals surface area contributed by atoms with Crippen LogP contribution in [0.2, 0.25) is 0 Å². The maximum absolute atomic E-state index is 15.0. The first-order valence-electron chi connectivity index (χ1n) is 11.5. The van der Waals surface area contributed by atoms with Gasteiger partial charge in [-0.15, -0.1) is 9.24 Å². The smallest absolute Gasteiger partial charge is 0.223 e. The molecule has 0 bridgehead atoms. The molecule has 180 valence electrons. The number of aromatic nitrogens is 3.